The van der Waals surface area contributed by atoms with E-state index in [1.54, 1.807) is 6.07 Å². The van der Waals surface area contributed by atoms with Gasteiger partial charge in [-0.25, -0.2) is 4.79 Å². The summed E-state index contributed by atoms with van der Waals surface area (Å²) in [5.41, 5.74) is 0.528. The van der Waals surface area contributed by atoms with Gasteiger partial charge in [0, 0.05) is 17.1 Å². The molecule has 0 spiro atoms. The number of carbonyl (C=O) groups excluding carboxylic acids is 2. The molecule has 0 radical (unpaired) electrons. The number of nitrogens with zero attached hydrogens (tertiary/aromatic N) is 1. The second-order valence-electron chi connectivity index (χ2n) is 4.27. The second-order valence-corrected chi connectivity index (χ2v) is 5.87. The Morgan fingerprint density at radius 2 is 2.15 bits per heavy atom. The van der Waals surface area contributed by atoms with Gasteiger partial charge in [0.15, 0.2) is 0 Å². The quantitative estimate of drug-likeness (QED) is 0.461. The third-order valence-electron chi connectivity index (χ3n) is 2.77. The van der Waals surface area contributed by atoms with Gasteiger partial charge in [-0.2, -0.15) is 0 Å². The number of hydrogen-bond donors (Lipinski definition) is 2. The van der Waals surface area contributed by atoms with Gasteiger partial charge in [-0.3, -0.25) is 9.69 Å². The van der Waals surface area contributed by atoms with Gasteiger partial charge in [0.2, 0.25) is 0 Å². The third-order valence-corrected chi connectivity index (χ3v) is 3.81. The summed E-state index contributed by atoms with van der Waals surface area (Å²) in [5, 5.41) is 12.9. The third kappa shape index (κ3) is 2.90. The molecule has 1 aliphatic heterocycles. The Hall–Kier alpha value is -1.28. The maximum Gasteiger partial charge on any atom is 0.329 e. The Morgan fingerprint density at radius 3 is 2.80 bits per heavy atom. The monoisotopic (exact) mass is 406 g/mol. The topological polar surface area (TPSA) is 69.6 Å². The first-order chi connectivity index (χ1) is 9.43. The van der Waals surface area contributed by atoms with E-state index in [2.05, 4.69) is 5.32 Å². The molecule has 0 aromatic heterocycles. The molecule has 0 unspecified atom stereocenters. The molecule has 1 aromatic carbocycles. The molecular weight excluding hydrogens is 395 g/mol. The first kappa shape index (κ1) is 15.1. The molecule has 1 saturated heterocycles. The minimum absolute atomic E-state index is 0.0264. The Morgan fingerprint density at radius 1 is 1.45 bits per heavy atom. The van der Waals surface area contributed by atoms with E-state index in [-0.39, 0.29) is 11.4 Å². The summed E-state index contributed by atoms with van der Waals surface area (Å²) in [6, 6.07) is 2.70. The lowest BCUT2D eigenvalue weighted by molar-refractivity contribution is -0.122. The molecule has 7 heteroatoms. The summed E-state index contributed by atoms with van der Waals surface area (Å²) in [6.45, 7) is 2.24. The largest absolute Gasteiger partial charge is 0.506 e. The van der Waals surface area contributed by atoms with Crippen LogP contribution in [0.2, 0.25) is 5.02 Å². The van der Waals surface area contributed by atoms with Crippen LogP contribution < -0.4 is 5.32 Å². The second kappa shape index (κ2) is 6.01. The van der Waals surface area contributed by atoms with Crippen LogP contribution in [0, 0.1) is 3.57 Å². The van der Waals surface area contributed by atoms with Crippen LogP contribution in [0.4, 0.5) is 4.79 Å². The first-order valence-electron chi connectivity index (χ1n) is 5.96. The molecule has 5 nitrogen and oxygen atoms in total. The van der Waals surface area contributed by atoms with Gasteiger partial charge in [-0.1, -0.05) is 18.5 Å². The standard InChI is InChI=1S/C13H12ClIN2O3/c1-2-3-17-12(19)10(16-13(17)20)5-7-4-8(14)6-9(15)11(7)18/h4-6,18H,2-3H2,1H3,(H,16,20)/b10-5+. The van der Waals surface area contributed by atoms with Crippen molar-refractivity contribution in [3.05, 3.63) is 32.0 Å². The van der Waals surface area contributed by atoms with E-state index in [1.165, 1.54) is 12.1 Å². The Kier molecular flexibility index (Phi) is 4.54. The average Bonchev–Trinajstić information content (AvgIpc) is 2.63. The lowest BCUT2D eigenvalue weighted by Crippen LogP contribution is -2.31. The minimum Gasteiger partial charge on any atom is -0.506 e. The van der Waals surface area contributed by atoms with E-state index in [0.29, 0.717) is 27.1 Å². The molecule has 1 aliphatic rings. The number of phenolic OH excluding ortho intramolecular Hbond substituents is 1. The molecule has 0 aliphatic carbocycles. The molecule has 106 valence electrons. The van der Waals surface area contributed by atoms with Crippen molar-refractivity contribution in [1.29, 1.82) is 0 Å². The summed E-state index contributed by atoms with van der Waals surface area (Å²) >= 11 is 7.87. The molecule has 20 heavy (non-hydrogen) atoms. The lowest BCUT2D eigenvalue weighted by atomic mass is 10.1. The molecule has 0 bridgehead atoms. The van der Waals surface area contributed by atoms with Gasteiger partial charge in [0.1, 0.15) is 11.4 Å². The number of imide groups is 1. The number of phenols is 1. The number of amides is 3. The number of halogens is 2. The highest BCUT2D eigenvalue weighted by atomic mass is 127. The van der Waals surface area contributed by atoms with Crippen LogP contribution in [0.15, 0.2) is 17.8 Å². The maximum atomic E-state index is 12.0. The van der Waals surface area contributed by atoms with Crippen LogP contribution in [0.1, 0.15) is 18.9 Å². The van der Waals surface area contributed by atoms with Gasteiger partial charge in [-0.05, 0) is 47.2 Å². The van der Waals surface area contributed by atoms with Crippen LogP contribution in [-0.2, 0) is 4.79 Å². The van der Waals surface area contributed by atoms with Crippen molar-refractivity contribution in [3.63, 3.8) is 0 Å². The summed E-state index contributed by atoms with van der Waals surface area (Å²) in [4.78, 5) is 24.8. The van der Waals surface area contributed by atoms with Crippen LogP contribution in [0.5, 0.6) is 5.75 Å². The average molecular weight is 407 g/mol. The zero-order valence-corrected chi connectivity index (χ0v) is 13.5. The minimum atomic E-state index is -0.445. The molecule has 1 heterocycles. The number of rotatable bonds is 3. The normalized spacial score (nSPS) is 16.9. The van der Waals surface area contributed by atoms with Gasteiger partial charge in [-0.15, -0.1) is 0 Å². The Labute approximate surface area is 134 Å². The van der Waals surface area contributed by atoms with Crippen LogP contribution >= 0.6 is 34.2 Å². The highest BCUT2D eigenvalue weighted by Gasteiger charge is 2.32. The van der Waals surface area contributed by atoms with Crippen LogP contribution in [-0.4, -0.2) is 28.5 Å². The smallest absolute Gasteiger partial charge is 0.329 e. The summed E-state index contributed by atoms with van der Waals surface area (Å²) in [6.07, 6.45) is 2.12. The van der Waals surface area contributed by atoms with Crippen molar-refractivity contribution in [2.45, 2.75) is 13.3 Å². The maximum absolute atomic E-state index is 12.0. The van der Waals surface area contributed by atoms with Crippen molar-refractivity contribution < 1.29 is 14.7 Å². The first-order valence-corrected chi connectivity index (χ1v) is 7.42. The summed E-state index contributed by atoms with van der Waals surface area (Å²) in [7, 11) is 0. The summed E-state index contributed by atoms with van der Waals surface area (Å²) in [5.74, 6) is -0.371. The van der Waals surface area contributed by atoms with E-state index in [0.717, 1.165) is 4.90 Å². The van der Waals surface area contributed by atoms with Gasteiger partial charge in [0.05, 0.1) is 3.57 Å². The predicted molar refractivity (Wildman–Crippen MR) is 84.3 cm³/mol. The highest BCUT2D eigenvalue weighted by Crippen LogP contribution is 2.30. The van der Waals surface area contributed by atoms with E-state index < -0.39 is 11.9 Å². The van der Waals surface area contributed by atoms with Crippen LogP contribution in [0.3, 0.4) is 0 Å². The van der Waals surface area contributed by atoms with Crippen molar-refractivity contribution in [2.75, 3.05) is 6.54 Å². The lowest BCUT2D eigenvalue weighted by Gasteiger charge is -2.08. The molecule has 2 rings (SSSR count). The SMILES string of the molecule is CCCN1C(=O)N/C(=C/c2cc(Cl)cc(I)c2O)C1=O. The van der Waals surface area contributed by atoms with E-state index >= 15 is 0 Å². The van der Waals surface area contributed by atoms with Crippen molar-refractivity contribution in [2.24, 2.45) is 0 Å². The molecule has 0 atom stereocenters. The molecule has 1 fully saturated rings. The van der Waals surface area contributed by atoms with Gasteiger partial charge >= 0.3 is 6.03 Å². The number of carbonyl (C=O) groups is 2. The predicted octanol–water partition coefficient (Wildman–Crippen LogP) is 2.95. The van der Waals surface area contributed by atoms with Crippen LogP contribution in [0.25, 0.3) is 6.08 Å². The number of aromatic hydroxyl groups is 1. The summed E-state index contributed by atoms with van der Waals surface area (Å²) < 4.78 is 0.573. The molecule has 2 N–H and O–H groups in total. The van der Waals surface area contributed by atoms with E-state index in [1.807, 2.05) is 29.5 Å². The number of hydrogen-bond acceptors (Lipinski definition) is 3. The highest BCUT2D eigenvalue weighted by molar-refractivity contribution is 14.1. The van der Waals surface area contributed by atoms with Crippen molar-refractivity contribution in [3.8, 4) is 5.75 Å². The number of nitrogens with one attached hydrogen (secondary N) is 1. The zero-order valence-electron chi connectivity index (χ0n) is 10.6. The fourth-order valence-electron chi connectivity index (χ4n) is 1.85. The molecule has 0 saturated carbocycles. The zero-order chi connectivity index (χ0) is 14.9. The van der Waals surface area contributed by atoms with Crippen molar-refractivity contribution >= 4 is 52.2 Å². The van der Waals surface area contributed by atoms with Gasteiger partial charge < -0.3 is 10.4 Å². The molecule has 3 amide bonds. The number of urea groups is 1. The Balaban J connectivity index is 2.38. The van der Waals surface area contributed by atoms with E-state index in [9.17, 15) is 14.7 Å². The van der Waals surface area contributed by atoms with Gasteiger partial charge in [0.25, 0.3) is 5.91 Å². The van der Waals surface area contributed by atoms with E-state index in [4.69, 9.17) is 11.6 Å². The molecule has 1 aromatic rings. The fourth-order valence-corrected chi connectivity index (χ4v) is 2.91. The molecular formula is C13H12ClIN2O3. The van der Waals surface area contributed by atoms with Crippen molar-refractivity contribution in [1.82, 2.24) is 10.2 Å². The number of benzene rings is 1. The fraction of sp³-hybridized carbons (Fsp3) is 0.231. The Bertz CT molecular complexity index is 616.